The van der Waals surface area contributed by atoms with Crippen LogP contribution in [0.1, 0.15) is 18.3 Å². The molecule has 10 nitrogen and oxygen atoms in total. The zero-order valence-corrected chi connectivity index (χ0v) is 18.7. The Balaban J connectivity index is 1.60. The normalized spacial score (nSPS) is 10.6. The summed E-state index contributed by atoms with van der Waals surface area (Å²) in [6.45, 7) is 3.92. The lowest BCUT2D eigenvalue weighted by Gasteiger charge is -2.09. The molecule has 0 unspecified atom stereocenters. The second-order valence-corrected chi connectivity index (χ2v) is 7.89. The van der Waals surface area contributed by atoms with Gasteiger partial charge in [-0.15, -0.1) is 10.2 Å². The number of halogens is 1. The van der Waals surface area contributed by atoms with Gasteiger partial charge in [0.05, 0.1) is 22.8 Å². The maximum absolute atomic E-state index is 13.7. The van der Waals surface area contributed by atoms with Crippen LogP contribution in [0, 0.1) is 22.9 Å². The molecule has 172 valence electrons. The quantitative estimate of drug-likeness (QED) is 0.276. The molecule has 0 bridgehead atoms. The molecule has 2 amide bonds. The van der Waals surface area contributed by atoms with Crippen molar-refractivity contribution in [3.63, 3.8) is 0 Å². The van der Waals surface area contributed by atoms with E-state index in [-0.39, 0.29) is 29.5 Å². The van der Waals surface area contributed by atoms with Crippen LogP contribution in [0.5, 0.6) is 0 Å². The third-order valence-electron chi connectivity index (χ3n) is 4.60. The number of carbonyl (C=O) groups is 2. The van der Waals surface area contributed by atoms with Gasteiger partial charge in [-0.3, -0.25) is 19.7 Å². The lowest BCUT2D eigenvalue weighted by molar-refractivity contribution is -0.385. The van der Waals surface area contributed by atoms with Crippen molar-refractivity contribution in [2.24, 2.45) is 0 Å². The Bertz CT molecular complexity index is 1200. The van der Waals surface area contributed by atoms with E-state index in [1.165, 1.54) is 24.3 Å². The number of amides is 2. The predicted octanol–water partition coefficient (Wildman–Crippen LogP) is 3.57. The van der Waals surface area contributed by atoms with Gasteiger partial charge in [0.25, 0.3) is 5.69 Å². The first-order valence-electron chi connectivity index (χ1n) is 9.92. The second kappa shape index (κ2) is 10.7. The van der Waals surface area contributed by atoms with Gasteiger partial charge in [0, 0.05) is 23.9 Å². The fraction of sp³-hybridized carbons (Fsp3) is 0.238. The number of benzene rings is 2. The Morgan fingerprint density at radius 1 is 1.15 bits per heavy atom. The van der Waals surface area contributed by atoms with E-state index in [1.807, 2.05) is 6.92 Å². The molecule has 0 aliphatic heterocycles. The monoisotopic (exact) mass is 472 g/mol. The van der Waals surface area contributed by atoms with Gasteiger partial charge in [0.15, 0.2) is 5.16 Å². The highest BCUT2D eigenvalue weighted by atomic mass is 32.2. The minimum atomic E-state index is -0.538. The van der Waals surface area contributed by atoms with E-state index in [0.717, 1.165) is 11.8 Å². The maximum Gasteiger partial charge on any atom is 0.274 e. The predicted molar refractivity (Wildman–Crippen MR) is 122 cm³/mol. The number of nitro benzene ring substituents is 1. The van der Waals surface area contributed by atoms with Crippen LogP contribution in [0.15, 0.2) is 47.6 Å². The SMILES string of the molecule is CCn1c(CC(=O)Nc2ccccc2F)nnc1SCC(=O)Nc1ccc(C)c([N+](=O)[O-])c1. The molecule has 0 spiro atoms. The number of nitrogens with one attached hydrogen (secondary N) is 2. The molecule has 0 aliphatic carbocycles. The number of hydrogen-bond acceptors (Lipinski definition) is 7. The molecule has 3 rings (SSSR count). The van der Waals surface area contributed by atoms with Gasteiger partial charge in [-0.25, -0.2) is 4.39 Å². The molecular weight excluding hydrogens is 451 g/mol. The summed E-state index contributed by atoms with van der Waals surface area (Å²) in [4.78, 5) is 35.2. The van der Waals surface area contributed by atoms with E-state index < -0.39 is 16.6 Å². The molecular formula is C21H21FN6O4S. The largest absolute Gasteiger partial charge is 0.325 e. The van der Waals surface area contributed by atoms with Crippen molar-refractivity contribution in [2.45, 2.75) is 32.0 Å². The van der Waals surface area contributed by atoms with Crippen molar-refractivity contribution in [2.75, 3.05) is 16.4 Å². The maximum atomic E-state index is 13.7. The number of aryl methyl sites for hydroxylation is 1. The molecule has 0 radical (unpaired) electrons. The van der Waals surface area contributed by atoms with Gasteiger partial charge in [0.1, 0.15) is 11.6 Å². The molecule has 33 heavy (non-hydrogen) atoms. The lowest BCUT2D eigenvalue weighted by Crippen LogP contribution is -2.18. The number of carbonyl (C=O) groups excluding carboxylic acids is 2. The third kappa shape index (κ3) is 6.13. The van der Waals surface area contributed by atoms with E-state index >= 15 is 0 Å². The van der Waals surface area contributed by atoms with Crippen molar-refractivity contribution in [3.8, 4) is 0 Å². The average Bonchev–Trinajstić information content (AvgIpc) is 3.16. The van der Waals surface area contributed by atoms with Crippen molar-refractivity contribution < 1.29 is 18.9 Å². The zero-order chi connectivity index (χ0) is 24.0. The summed E-state index contributed by atoms with van der Waals surface area (Å²) in [6, 6.07) is 10.3. The van der Waals surface area contributed by atoms with Crippen LogP contribution in [0.3, 0.4) is 0 Å². The molecule has 12 heteroatoms. The number of rotatable bonds is 9. The molecule has 0 saturated carbocycles. The van der Waals surface area contributed by atoms with Crippen molar-refractivity contribution in [3.05, 3.63) is 69.8 Å². The average molecular weight is 473 g/mol. The summed E-state index contributed by atoms with van der Waals surface area (Å²) in [7, 11) is 0. The van der Waals surface area contributed by atoms with E-state index in [4.69, 9.17) is 0 Å². The number of aromatic nitrogens is 3. The highest BCUT2D eigenvalue weighted by Crippen LogP contribution is 2.23. The fourth-order valence-corrected chi connectivity index (χ4v) is 3.81. The summed E-state index contributed by atoms with van der Waals surface area (Å²) in [5.41, 5.74) is 0.813. The molecule has 2 aromatic carbocycles. The number of para-hydroxylation sites is 1. The summed E-state index contributed by atoms with van der Waals surface area (Å²) in [5, 5.41) is 24.7. The highest BCUT2D eigenvalue weighted by Gasteiger charge is 2.17. The molecule has 2 N–H and O–H groups in total. The first-order valence-corrected chi connectivity index (χ1v) is 10.9. The first-order chi connectivity index (χ1) is 15.8. The van der Waals surface area contributed by atoms with Crippen molar-refractivity contribution in [1.82, 2.24) is 14.8 Å². The van der Waals surface area contributed by atoms with Gasteiger partial charge in [-0.05, 0) is 32.0 Å². The van der Waals surface area contributed by atoms with E-state index in [2.05, 4.69) is 20.8 Å². The molecule has 1 heterocycles. The van der Waals surface area contributed by atoms with Crippen molar-refractivity contribution >= 4 is 40.6 Å². The van der Waals surface area contributed by atoms with Gasteiger partial charge >= 0.3 is 0 Å². The molecule has 3 aromatic rings. The number of thioether (sulfide) groups is 1. The Morgan fingerprint density at radius 2 is 1.91 bits per heavy atom. The summed E-state index contributed by atoms with van der Waals surface area (Å²) >= 11 is 1.12. The molecule has 0 atom stereocenters. The number of nitro groups is 1. The van der Waals surface area contributed by atoms with Crippen LogP contribution in [0.25, 0.3) is 0 Å². The zero-order valence-electron chi connectivity index (χ0n) is 17.9. The van der Waals surface area contributed by atoms with Crippen molar-refractivity contribution in [1.29, 1.82) is 0 Å². The third-order valence-corrected chi connectivity index (χ3v) is 5.57. The van der Waals surface area contributed by atoms with Crippen LogP contribution >= 0.6 is 11.8 Å². The smallest absolute Gasteiger partial charge is 0.274 e. The second-order valence-electron chi connectivity index (χ2n) is 6.94. The van der Waals surface area contributed by atoms with E-state index in [0.29, 0.717) is 28.8 Å². The van der Waals surface area contributed by atoms with Crippen LogP contribution in [0.4, 0.5) is 21.5 Å². The summed E-state index contributed by atoms with van der Waals surface area (Å²) in [6.07, 6.45) is -0.116. The van der Waals surface area contributed by atoms with Gasteiger partial charge in [0.2, 0.25) is 11.8 Å². The summed E-state index contributed by atoms with van der Waals surface area (Å²) < 4.78 is 15.4. The Labute approximate surface area is 192 Å². The van der Waals surface area contributed by atoms with Crippen LogP contribution in [0.2, 0.25) is 0 Å². The number of hydrogen-bond donors (Lipinski definition) is 2. The topological polar surface area (TPSA) is 132 Å². The minimum Gasteiger partial charge on any atom is -0.325 e. The van der Waals surface area contributed by atoms with Crippen LogP contribution in [-0.4, -0.2) is 37.3 Å². The molecule has 0 saturated heterocycles. The molecule has 1 aromatic heterocycles. The first kappa shape index (κ1) is 23.9. The van der Waals surface area contributed by atoms with Crippen LogP contribution < -0.4 is 10.6 Å². The molecule has 0 aliphatic rings. The summed E-state index contributed by atoms with van der Waals surface area (Å²) in [5.74, 6) is -0.992. The van der Waals surface area contributed by atoms with Gasteiger partial charge in [-0.2, -0.15) is 0 Å². The van der Waals surface area contributed by atoms with Crippen LogP contribution in [-0.2, 0) is 22.6 Å². The molecule has 0 fully saturated rings. The minimum absolute atomic E-state index is 0.0127. The number of nitrogens with zero attached hydrogens (tertiary/aromatic N) is 4. The highest BCUT2D eigenvalue weighted by molar-refractivity contribution is 7.99. The Kier molecular flexibility index (Phi) is 7.72. The van der Waals surface area contributed by atoms with E-state index in [1.54, 1.807) is 29.7 Å². The lowest BCUT2D eigenvalue weighted by atomic mass is 10.2. The van der Waals surface area contributed by atoms with Gasteiger partial charge in [-0.1, -0.05) is 30.0 Å². The fourth-order valence-electron chi connectivity index (χ4n) is 2.99. The standard InChI is InChI=1S/C21H21FN6O4S/c1-3-27-18(11-19(29)24-16-7-5-4-6-15(16)22)25-26-21(27)33-12-20(30)23-14-9-8-13(2)17(10-14)28(31)32/h4-10H,3,11-12H2,1-2H3,(H,23,30)(H,24,29). The Hall–Kier alpha value is -3.80. The van der Waals surface area contributed by atoms with E-state index in [9.17, 15) is 24.1 Å². The number of anilines is 2. The Morgan fingerprint density at radius 3 is 2.61 bits per heavy atom. The van der Waals surface area contributed by atoms with Gasteiger partial charge < -0.3 is 15.2 Å².